The van der Waals surface area contributed by atoms with Crippen LogP contribution in [0.15, 0.2) is 24.3 Å². The van der Waals surface area contributed by atoms with E-state index in [1.165, 1.54) is 29.2 Å². The van der Waals surface area contributed by atoms with Gasteiger partial charge >= 0.3 is 5.97 Å². The highest BCUT2D eigenvalue weighted by Crippen LogP contribution is 2.34. The van der Waals surface area contributed by atoms with Gasteiger partial charge in [0.05, 0.1) is 32.9 Å². The van der Waals surface area contributed by atoms with Crippen LogP contribution in [0.25, 0.3) is 0 Å². The van der Waals surface area contributed by atoms with Gasteiger partial charge in [0.2, 0.25) is 11.8 Å². The molecule has 1 aromatic carbocycles. The van der Waals surface area contributed by atoms with Crippen molar-refractivity contribution in [1.29, 1.82) is 0 Å². The van der Waals surface area contributed by atoms with Gasteiger partial charge in [-0.25, -0.2) is 9.18 Å². The molecule has 2 N–H and O–H groups in total. The molecule has 0 bridgehead atoms. The van der Waals surface area contributed by atoms with Crippen molar-refractivity contribution in [3.8, 4) is 5.75 Å². The first-order valence-corrected chi connectivity index (χ1v) is 9.34. The van der Waals surface area contributed by atoms with Crippen LogP contribution in [-0.2, 0) is 23.9 Å². The van der Waals surface area contributed by atoms with Gasteiger partial charge < -0.3 is 29.5 Å². The molecule has 10 heteroatoms. The van der Waals surface area contributed by atoms with Crippen molar-refractivity contribution in [2.45, 2.75) is 31.1 Å². The number of carboxylic acids is 1. The second kappa shape index (κ2) is 9.19. The highest BCUT2D eigenvalue weighted by molar-refractivity contribution is 5.88. The number of nitrogens with zero attached hydrogens (tertiary/aromatic N) is 1. The predicted octanol–water partition coefficient (Wildman–Crippen LogP) is 0.530. The van der Waals surface area contributed by atoms with Crippen LogP contribution in [0.3, 0.4) is 0 Å². The molecule has 29 heavy (non-hydrogen) atoms. The lowest BCUT2D eigenvalue weighted by molar-refractivity contribution is -0.152. The monoisotopic (exact) mass is 410 g/mol. The van der Waals surface area contributed by atoms with E-state index in [-0.39, 0.29) is 44.3 Å². The third kappa shape index (κ3) is 5.42. The van der Waals surface area contributed by atoms with Crippen molar-refractivity contribution in [2.75, 3.05) is 32.9 Å². The van der Waals surface area contributed by atoms with Crippen molar-refractivity contribution in [1.82, 2.24) is 10.2 Å². The molecular formula is C19H23FN2O7. The number of carboxylic acid groups (broad SMARTS) is 1. The predicted molar refractivity (Wildman–Crippen MR) is 96.5 cm³/mol. The van der Waals surface area contributed by atoms with E-state index in [1.807, 2.05) is 0 Å². The zero-order valence-electron chi connectivity index (χ0n) is 15.8. The maximum atomic E-state index is 12.8. The molecule has 1 atom stereocenters. The van der Waals surface area contributed by atoms with Crippen LogP contribution < -0.4 is 10.1 Å². The van der Waals surface area contributed by atoms with E-state index in [0.29, 0.717) is 25.4 Å². The van der Waals surface area contributed by atoms with E-state index in [0.717, 1.165) is 0 Å². The molecule has 2 saturated heterocycles. The summed E-state index contributed by atoms with van der Waals surface area (Å²) in [4.78, 5) is 37.0. The largest absolute Gasteiger partial charge is 0.494 e. The summed E-state index contributed by atoms with van der Waals surface area (Å²) < 4.78 is 29.2. The number of likely N-dealkylation sites (tertiary alicyclic amines) is 1. The molecule has 2 amide bonds. The van der Waals surface area contributed by atoms with Crippen molar-refractivity contribution in [3.05, 3.63) is 30.1 Å². The summed E-state index contributed by atoms with van der Waals surface area (Å²) in [5, 5.41) is 11.9. The number of ether oxygens (including phenoxy) is 3. The van der Waals surface area contributed by atoms with E-state index in [4.69, 9.17) is 14.2 Å². The number of halogens is 1. The molecule has 0 aliphatic carbocycles. The minimum Gasteiger partial charge on any atom is -0.494 e. The van der Waals surface area contributed by atoms with Gasteiger partial charge in [0, 0.05) is 12.8 Å². The van der Waals surface area contributed by atoms with Crippen LogP contribution in [0.5, 0.6) is 5.75 Å². The van der Waals surface area contributed by atoms with E-state index in [9.17, 15) is 23.9 Å². The first kappa shape index (κ1) is 21.0. The SMILES string of the molecule is O=C(CCCOc1ccc(F)cc1)NCC(=O)N1CC2(CC1C(=O)O)OCCO2. The number of hydrogen-bond acceptors (Lipinski definition) is 6. The Bertz CT molecular complexity index is 749. The Labute approximate surface area is 166 Å². The molecule has 1 unspecified atom stereocenters. The summed E-state index contributed by atoms with van der Waals surface area (Å²) in [6.07, 6.45) is 0.597. The highest BCUT2D eigenvalue weighted by atomic mass is 19.1. The molecule has 1 spiro atoms. The summed E-state index contributed by atoms with van der Waals surface area (Å²) in [7, 11) is 0. The molecule has 0 saturated carbocycles. The second-order valence-electron chi connectivity index (χ2n) is 6.87. The van der Waals surface area contributed by atoms with Crippen molar-refractivity contribution in [3.63, 3.8) is 0 Å². The quantitative estimate of drug-likeness (QED) is 0.601. The number of aliphatic carboxylic acids is 1. The molecule has 2 heterocycles. The fourth-order valence-corrected chi connectivity index (χ4v) is 3.35. The lowest BCUT2D eigenvalue weighted by Crippen LogP contribution is -2.46. The highest BCUT2D eigenvalue weighted by Gasteiger charge is 2.52. The van der Waals surface area contributed by atoms with E-state index >= 15 is 0 Å². The standard InChI is InChI=1S/C19H23FN2O7/c20-13-3-5-14(6-4-13)27-7-1-2-16(23)21-11-17(24)22-12-19(28-8-9-29-19)10-15(22)18(25)26/h3-6,15H,1-2,7-12H2,(H,21,23)(H,25,26). The second-order valence-corrected chi connectivity index (χ2v) is 6.87. The lowest BCUT2D eigenvalue weighted by atomic mass is 10.1. The molecule has 0 aromatic heterocycles. The molecule has 0 radical (unpaired) electrons. The zero-order valence-corrected chi connectivity index (χ0v) is 15.8. The van der Waals surface area contributed by atoms with Gasteiger partial charge in [-0.3, -0.25) is 9.59 Å². The Balaban J connectivity index is 1.39. The maximum Gasteiger partial charge on any atom is 0.326 e. The number of carbonyl (C=O) groups excluding carboxylic acids is 2. The Hall–Kier alpha value is -2.72. The number of benzene rings is 1. The molecule has 158 valence electrons. The molecule has 2 aliphatic rings. The molecule has 2 fully saturated rings. The molecule has 3 rings (SSSR count). The van der Waals surface area contributed by atoms with Crippen LogP contribution in [0.4, 0.5) is 4.39 Å². The van der Waals surface area contributed by atoms with Crippen LogP contribution in [0, 0.1) is 5.82 Å². The summed E-state index contributed by atoms with van der Waals surface area (Å²) in [6.45, 7) is 0.676. The van der Waals surface area contributed by atoms with Crippen LogP contribution in [-0.4, -0.2) is 72.5 Å². The van der Waals surface area contributed by atoms with Gasteiger partial charge in [-0.2, -0.15) is 0 Å². The first-order valence-electron chi connectivity index (χ1n) is 9.34. The normalized spacial score (nSPS) is 20.0. The summed E-state index contributed by atoms with van der Waals surface area (Å²) in [5.74, 6) is -2.93. The fourth-order valence-electron chi connectivity index (χ4n) is 3.35. The number of amides is 2. The molecule has 2 aliphatic heterocycles. The van der Waals surface area contributed by atoms with Crippen LogP contribution in [0.1, 0.15) is 19.3 Å². The lowest BCUT2D eigenvalue weighted by Gasteiger charge is -2.23. The number of nitrogens with one attached hydrogen (secondary N) is 1. The average Bonchev–Trinajstić information content (AvgIpc) is 3.32. The number of rotatable bonds is 8. The Morgan fingerprint density at radius 1 is 1.24 bits per heavy atom. The third-order valence-electron chi connectivity index (χ3n) is 4.78. The average molecular weight is 410 g/mol. The Morgan fingerprint density at radius 2 is 1.93 bits per heavy atom. The molecule has 9 nitrogen and oxygen atoms in total. The number of hydrogen-bond donors (Lipinski definition) is 2. The molecule has 1 aromatic rings. The van der Waals surface area contributed by atoms with Gasteiger partial charge in [0.1, 0.15) is 17.6 Å². The van der Waals surface area contributed by atoms with Crippen molar-refractivity contribution in [2.24, 2.45) is 0 Å². The Kier molecular flexibility index (Phi) is 6.65. The fraction of sp³-hybridized carbons (Fsp3) is 0.526. The zero-order chi connectivity index (χ0) is 20.9. The van der Waals surface area contributed by atoms with Gasteiger partial charge in [0.25, 0.3) is 0 Å². The smallest absolute Gasteiger partial charge is 0.326 e. The van der Waals surface area contributed by atoms with E-state index in [2.05, 4.69) is 5.32 Å². The topological polar surface area (TPSA) is 114 Å². The number of carbonyl (C=O) groups is 3. The minimum absolute atomic E-state index is 0.0180. The van der Waals surface area contributed by atoms with Crippen LogP contribution in [0.2, 0.25) is 0 Å². The van der Waals surface area contributed by atoms with Crippen LogP contribution >= 0.6 is 0 Å². The van der Waals surface area contributed by atoms with E-state index in [1.54, 1.807) is 0 Å². The first-order chi connectivity index (χ1) is 13.9. The Morgan fingerprint density at radius 3 is 2.59 bits per heavy atom. The summed E-state index contributed by atoms with van der Waals surface area (Å²) >= 11 is 0. The van der Waals surface area contributed by atoms with Gasteiger partial charge in [0.15, 0.2) is 5.79 Å². The summed E-state index contributed by atoms with van der Waals surface area (Å²) in [5.41, 5.74) is 0. The third-order valence-corrected chi connectivity index (χ3v) is 4.78. The van der Waals surface area contributed by atoms with E-state index < -0.39 is 23.7 Å². The minimum atomic E-state index is -1.14. The van der Waals surface area contributed by atoms with Gasteiger partial charge in [-0.1, -0.05) is 0 Å². The molecular weight excluding hydrogens is 387 g/mol. The summed E-state index contributed by atoms with van der Waals surface area (Å²) in [6, 6.07) is 4.49. The van der Waals surface area contributed by atoms with Gasteiger partial charge in [-0.15, -0.1) is 0 Å². The van der Waals surface area contributed by atoms with Gasteiger partial charge in [-0.05, 0) is 30.7 Å². The van der Waals surface area contributed by atoms with Crippen molar-refractivity contribution < 1.29 is 38.1 Å². The maximum absolute atomic E-state index is 12.8. The van der Waals surface area contributed by atoms with Crippen molar-refractivity contribution >= 4 is 17.8 Å².